The Hall–Kier alpha value is -3.09. The first-order valence-corrected chi connectivity index (χ1v) is 14.6. The molecule has 0 saturated heterocycles. The average Bonchev–Trinajstić information content (AvgIpc) is 3.76. The molecule has 6 rings (SSSR count). The van der Waals surface area contributed by atoms with E-state index < -0.39 is 11.7 Å². The second kappa shape index (κ2) is 12.3. The van der Waals surface area contributed by atoms with Crippen LogP contribution in [0.25, 0.3) is 0 Å². The third-order valence-corrected chi connectivity index (χ3v) is 9.17. The fourth-order valence-corrected chi connectivity index (χ4v) is 7.30. The van der Waals surface area contributed by atoms with Crippen molar-refractivity contribution in [2.45, 2.75) is 97.6 Å². The van der Waals surface area contributed by atoms with Gasteiger partial charge in [0.05, 0.1) is 18.4 Å². The first kappa shape index (κ1) is 31.8. The number of hydrogen-bond donors (Lipinski definition) is 0. The van der Waals surface area contributed by atoms with Crippen LogP contribution in [0.15, 0.2) is 36.4 Å². The van der Waals surface area contributed by atoms with Crippen LogP contribution in [0.3, 0.4) is 0 Å². The number of hydrogen-bond acceptors (Lipinski definition) is 4. The molecular weight excluding hydrogens is 541 g/mol. The van der Waals surface area contributed by atoms with Crippen LogP contribution in [0.4, 0.5) is 13.2 Å². The fraction of sp³-hybridized carbons (Fsp3) is 0.543. The molecule has 0 spiro atoms. The zero-order valence-corrected chi connectivity index (χ0v) is 23.9. The molecule has 7 heteroatoms. The van der Waals surface area contributed by atoms with Gasteiger partial charge in [0.1, 0.15) is 23.1 Å². The molecule has 0 radical (unpaired) electrons. The summed E-state index contributed by atoms with van der Waals surface area (Å²) in [4.78, 5) is 46.2. The lowest BCUT2D eigenvalue weighted by atomic mass is 9.83. The van der Waals surface area contributed by atoms with E-state index in [-0.39, 0.29) is 61.2 Å². The molecule has 2 unspecified atom stereocenters. The van der Waals surface area contributed by atoms with E-state index in [0.29, 0.717) is 54.6 Å². The largest absolute Gasteiger partial charge is 0.416 e. The third-order valence-electron chi connectivity index (χ3n) is 9.17. The number of rotatable bonds is 4. The van der Waals surface area contributed by atoms with Crippen molar-refractivity contribution in [3.63, 3.8) is 0 Å². The second-order valence-corrected chi connectivity index (χ2v) is 12.9. The summed E-state index contributed by atoms with van der Waals surface area (Å²) >= 11 is 0. The first-order valence-electron chi connectivity index (χ1n) is 14.6. The molecule has 4 aliphatic carbocycles. The molecule has 42 heavy (non-hydrogen) atoms. The summed E-state index contributed by atoms with van der Waals surface area (Å²) in [6.45, 7) is 5.91. The monoisotopic (exact) mass is 582 g/mol. The van der Waals surface area contributed by atoms with Gasteiger partial charge in [-0.3, -0.25) is 19.2 Å². The molecule has 2 aromatic carbocycles. The van der Waals surface area contributed by atoms with Gasteiger partial charge in [-0.25, -0.2) is 0 Å². The molecule has 4 aliphatic rings. The topological polar surface area (TPSA) is 68.3 Å². The van der Waals surface area contributed by atoms with Crippen LogP contribution in [-0.2, 0) is 25.4 Å². The molecule has 4 atom stereocenters. The SMILES string of the molecule is C.Cc1cc(C)cc([C@H]2CC2C2CC(=O)CC(=O)C2)c1.Cc1cc([C@@H]2CC2C2CC(=O)CC(=O)C2)cc(C(F)(F)F)c1. The maximum absolute atomic E-state index is 12.9. The molecule has 4 nitrogen and oxygen atoms in total. The highest BCUT2D eigenvalue weighted by atomic mass is 19.4. The van der Waals surface area contributed by atoms with E-state index in [1.165, 1.54) is 22.8 Å². The zero-order valence-electron chi connectivity index (χ0n) is 23.9. The Morgan fingerprint density at radius 3 is 1.31 bits per heavy atom. The first-order chi connectivity index (χ1) is 19.3. The predicted molar refractivity (Wildman–Crippen MR) is 155 cm³/mol. The molecule has 0 N–H and O–H groups in total. The van der Waals surface area contributed by atoms with Crippen molar-refractivity contribution in [3.05, 3.63) is 69.8 Å². The van der Waals surface area contributed by atoms with Gasteiger partial charge in [0.2, 0.25) is 0 Å². The highest BCUT2D eigenvalue weighted by Crippen LogP contribution is 2.56. The maximum atomic E-state index is 12.9. The van der Waals surface area contributed by atoms with Crippen molar-refractivity contribution in [2.24, 2.45) is 23.7 Å². The Morgan fingerprint density at radius 2 is 0.929 bits per heavy atom. The Bertz CT molecular complexity index is 1340. The van der Waals surface area contributed by atoms with E-state index in [0.717, 1.165) is 18.9 Å². The van der Waals surface area contributed by atoms with Crippen LogP contribution in [0, 0.1) is 44.4 Å². The minimum Gasteiger partial charge on any atom is -0.299 e. The van der Waals surface area contributed by atoms with Crippen LogP contribution in [0.1, 0.15) is 104 Å². The Balaban J connectivity index is 0.000000190. The molecule has 0 heterocycles. The van der Waals surface area contributed by atoms with Crippen LogP contribution >= 0.6 is 0 Å². The number of carbonyl (C=O) groups excluding carboxylic acids is 4. The van der Waals surface area contributed by atoms with Crippen LogP contribution in [-0.4, -0.2) is 23.1 Å². The summed E-state index contributed by atoms with van der Waals surface area (Å²) in [5.74, 6) is 1.87. The summed E-state index contributed by atoms with van der Waals surface area (Å²) in [7, 11) is 0. The van der Waals surface area contributed by atoms with E-state index in [1.54, 1.807) is 13.0 Å². The number of ketones is 4. The third kappa shape index (κ3) is 7.64. The molecule has 226 valence electrons. The predicted octanol–water partition coefficient (Wildman–Crippen LogP) is 8.04. The summed E-state index contributed by atoms with van der Waals surface area (Å²) in [6.07, 6.45) is -0.193. The molecule has 0 amide bonds. The summed E-state index contributed by atoms with van der Waals surface area (Å²) in [5.41, 5.74) is 4.65. The van der Waals surface area contributed by atoms with E-state index >= 15 is 0 Å². The number of halogens is 3. The van der Waals surface area contributed by atoms with Gasteiger partial charge in [-0.05, 0) is 92.4 Å². The minimum absolute atomic E-state index is 0. The molecular formula is C35H41F3O4. The van der Waals surface area contributed by atoms with Crippen molar-refractivity contribution in [1.29, 1.82) is 0 Å². The number of Topliss-reactive ketones (excluding diaryl/α,β-unsaturated/α-hetero) is 4. The molecule has 4 saturated carbocycles. The van der Waals surface area contributed by atoms with Crippen LogP contribution in [0.2, 0.25) is 0 Å². The van der Waals surface area contributed by atoms with Gasteiger partial charge in [-0.1, -0.05) is 48.4 Å². The highest BCUT2D eigenvalue weighted by molar-refractivity contribution is 6.02. The van der Waals surface area contributed by atoms with E-state index in [4.69, 9.17) is 0 Å². The van der Waals surface area contributed by atoms with Gasteiger partial charge in [-0.2, -0.15) is 13.2 Å². The number of aryl methyl sites for hydroxylation is 3. The van der Waals surface area contributed by atoms with Crippen LogP contribution in [0.5, 0.6) is 0 Å². The second-order valence-electron chi connectivity index (χ2n) is 12.9. The van der Waals surface area contributed by atoms with Gasteiger partial charge >= 0.3 is 6.18 Å². The normalized spacial score (nSPS) is 26.3. The average molecular weight is 583 g/mol. The smallest absolute Gasteiger partial charge is 0.299 e. The lowest BCUT2D eigenvalue weighted by Gasteiger charge is -2.20. The van der Waals surface area contributed by atoms with E-state index in [2.05, 4.69) is 32.0 Å². The zero-order chi connectivity index (χ0) is 29.6. The van der Waals surface area contributed by atoms with Crippen molar-refractivity contribution >= 4 is 23.1 Å². The Kier molecular flexibility index (Phi) is 9.29. The van der Waals surface area contributed by atoms with Crippen molar-refractivity contribution in [1.82, 2.24) is 0 Å². The molecule has 0 aromatic heterocycles. The maximum Gasteiger partial charge on any atom is 0.416 e. The van der Waals surface area contributed by atoms with Gasteiger partial charge in [0.25, 0.3) is 0 Å². The molecule has 2 aromatic rings. The molecule has 0 aliphatic heterocycles. The summed E-state index contributed by atoms with van der Waals surface area (Å²) in [6, 6.07) is 10.8. The molecule has 4 fully saturated rings. The van der Waals surface area contributed by atoms with Crippen molar-refractivity contribution in [2.75, 3.05) is 0 Å². The molecule has 0 bridgehead atoms. The summed E-state index contributed by atoms with van der Waals surface area (Å²) < 4.78 is 38.7. The lowest BCUT2D eigenvalue weighted by Crippen LogP contribution is -2.24. The number of carbonyl (C=O) groups is 4. The summed E-state index contributed by atoms with van der Waals surface area (Å²) in [5, 5.41) is 0. The Labute approximate surface area is 246 Å². The highest BCUT2D eigenvalue weighted by Gasteiger charge is 2.47. The van der Waals surface area contributed by atoms with E-state index in [9.17, 15) is 32.3 Å². The Morgan fingerprint density at radius 1 is 0.571 bits per heavy atom. The number of benzene rings is 2. The van der Waals surface area contributed by atoms with Crippen molar-refractivity contribution < 1.29 is 32.3 Å². The lowest BCUT2D eigenvalue weighted by molar-refractivity contribution is -0.138. The number of alkyl halides is 3. The standard InChI is InChI=1S/C17H17F3O2.C17H20O2.CH4/c1-9-2-10(4-12(3-9)17(18,19)20)15-8-16(15)11-5-13(21)7-14(22)6-11;1-10-3-11(2)5-12(4-10)16-9-17(16)13-6-14(18)8-15(19)7-13;/h2-4,11,15-16H,5-8H2,1H3;3-5,13,16-17H,6-9H2,1-2H3;1H4/t15-,16?;16-,17?;/m01./s1. The van der Waals surface area contributed by atoms with Gasteiger partial charge < -0.3 is 0 Å². The van der Waals surface area contributed by atoms with E-state index in [1.807, 2.05) is 0 Å². The quantitative estimate of drug-likeness (QED) is 0.342. The van der Waals surface area contributed by atoms with Crippen molar-refractivity contribution in [3.8, 4) is 0 Å². The minimum atomic E-state index is -4.35. The fourth-order valence-electron chi connectivity index (χ4n) is 7.30. The van der Waals surface area contributed by atoms with Gasteiger partial charge in [-0.15, -0.1) is 0 Å². The van der Waals surface area contributed by atoms with Gasteiger partial charge in [0.15, 0.2) is 0 Å². The van der Waals surface area contributed by atoms with Gasteiger partial charge in [0, 0.05) is 25.7 Å². The van der Waals surface area contributed by atoms with Crippen LogP contribution < -0.4 is 0 Å².